The van der Waals surface area contributed by atoms with Crippen LogP contribution >= 0.6 is 0 Å². The molecule has 32 heavy (non-hydrogen) atoms. The minimum atomic E-state index is -0.214. The van der Waals surface area contributed by atoms with Crippen LogP contribution in [-0.2, 0) is 4.79 Å². The quantitative estimate of drug-likeness (QED) is 0.116. The van der Waals surface area contributed by atoms with Gasteiger partial charge in [-0.3, -0.25) is 14.7 Å². The third kappa shape index (κ3) is 11.0. The molecule has 2 atom stereocenters. The zero-order chi connectivity index (χ0) is 23.5. The van der Waals surface area contributed by atoms with Crippen LogP contribution in [0.25, 0.3) is 0 Å². The van der Waals surface area contributed by atoms with Crippen LogP contribution in [0.5, 0.6) is 0 Å². The van der Waals surface area contributed by atoms with Crippen molar-refractivity contribution in [3.63, 3.8) is 0 Å². The van der Waals surface area contributed by atoms with Gasteiger partial charge in [-0.05, 0) is 25.8 Å². The number of unbranched alkanes of at least 4 members (excludes halogenated alkanes) is 14. The number of amides is 1. The number of carbonyl (C=O) groups excluding carboxylic acids is 1. The maximum absolute atomic E-state index is 12.5. The van der Waals surface area contributed by atoms with Crippen LogP contribution in [0.2, 0.25) is 0 Å². The van der Waals surface area contributed by atoms with Gasteiger partial charge in [-0.1, -0.05) is 110 Å². The molecule has 0 aliphatic carbocycles. The van der Waals surface area contributed by atoms with E-state index in [1.807, 2.05) is 12.4 Å². The van der Waals surface area contributed by atoms with Crippen LogP contribution in [0.3, 0.4) is 0 Å². The molecule has 0 saturated heterocycles. The lowest BCUT2D eigenvalue weighted by Crippen LogP contribution is -2.56. The van der Waals surface area contributed by atoms with Gasteiger partial charge in [-0.2, -0.15) is 0 Å². The molecule has 0 spiro atoms. The highest BCUT2D eigenvalue weighted by atomic mass is 16.1. The van der Waals surface area contributed by atoms with Gasteiger partial charge in [0.15, 0.2) is 0 Å². The number of hydrogen-bond donors (Lipinski definition) is 2. The van der Waals surface area contributed by atoms with Gasteiger partial charge in [0.2, 0.25) is 12.2 Å². The summed E-state index contributed by atoms with van der Waals surface area (Å²) < 4.78 is 2.29. The second kappa shape index (κ2) is 18.1. The molecule has 4 heteroatoms. The maximum Gasteiger partial charge on any atom is 0.233 e. The molecular weight excluding hydrogens is 394 g/mol. The summed E-state index contributed by atoms with van der Waals surface area (Å²) in [5.74, 6) is 0.180. The second-order valence-electron chi connectivity index (χ2n) is 9.81. The average molecular weight is 449 g/mol. The highest BCUT2D eigenvalue weighted by Gasteiger charge is 2.40. The van der Waals surface area contributed by atoms with Crippen molar-refractivity contribution in [2.45, 2.75) is 142 Å². The summed E-state index contributed by atoms with van der Waals surface area (Å²) in [6, 6.07) is 0.0463. The summed E-state index contributed by atoms with van der Waals surface area (Å²) >= 11 is 0. The lowest BCUT2D eigenvalue weighted by molar-refractivity contribution is -0.588. The lowest BCUT2D eigenvalue weighted by atomic mass is 9.87. The van der Waals surface area contributed by atoms with Crippen LogP contribution in [0.15, 0.2) is 12.7 Å². The maximum atomic E-state index is 12.5. The van der Waals surface area contributed by atoms with Crippen molar-refractivity contribution in [3.05, 3.63) is 12.7 Å². The second-order valence-corrected chi connectivity index (χ2v) is 9.81. The predicted octanol–water partition coefficient (Wildman–Crippen LogP) is 6.73. The van der Waals surface area contributed by atoms with E-state index < -0.39 is 0 Å². The van der Waals surface area contributed by atoms with Crippen LogP contribution in [0, 0.1) is 0 Å². The minimum Gasteiger partial charge on any atom is -0.349 e. The molecule has 2 N–H and O–H groups in total. The topological polar surface area (TPSA) is 44.1 Å². The standard InChI is InChI=1S/C28H53N3O/c1-5-8-9-10-11-12-13-14-15-16-17-18-19-20-21-22-27(32)30-26(4)28(6-2,7-3)31-24-23-29-25-31/h6,25-26H,2,5,7-24H2,1,3-4H3,(H,30,32)/p+1. The largest absolute Gasteiger partial charge is 0.349 e. The van der Waals surface area contributed by atoms with Crippen molar-refractivity contribution in [1.82, 2.24) is 10.6 Å². The van der Waals surface area contributed by atoms with Crippen LogP contribution < -0.4 is 10.6 Å². The lowest BCUT2D eigenvalue weighted by Gasteiger charge is -2.35. The van der Waals surface area contributed by atoms with E-state index in [-0.39, 0.29) is 17.5 Å². The number of nitrogens with zero attached hydrogens (tertiary/aromatic N) is 1. The summed E-state index contributed by atoms with van der Waals surface area (Å²) in [5, 5.41) is 6.53. The fourth-order valence-electron chi connectivity index (χ4n) is 5.04. The molecule has 0 aromatic heterocycles. The molecule has 0 aromatic rings. The first-order chi connectivity index (χ1) is 15.6. The third-order valence-electron chi connectivity index (χ3n) is 7.33. The highest BCUT2D eigenvalue weighted by molar-refractivity contribution is 5.76. The molecule has 1 amide bonds. The van der Waals surface area contributed by atoms with Gasteiger partial charge in [0.05, 0.1) is 6.04 Å². The Morgan fingerprint density at radius 2 is 1.47 bits per heavy atom. The van der Waals surface area contributed by atoms with Crippen LogP contribution in [0.4, 0.5) is 0 Å². The molecule has 1 aliphatic heterocycles. The third-order valence-corrected chi connectivity index (χ3v) is 7.33. The van der Waals surface area contributed by atoms with E-state index in [1.165, 1.54) is 89.9 Å². The summed E-state index contributed by atoms with van der Waals surface area (Å²) in [4.78, 5) is 12.5. The molecule has 0 fully saturated rings. The van der Waals surface area contributed by atoms with E-state index in [0.29, 0.717) is 6.42 Å². The van der Waals surface area contributed by atoms with Gasteiger partial charge in [-0.15, -0.1) is 0 Å². The SMILES string of the molecule is C=CC(CC)(C(C)NC(=O)CCCCCCCCCCCCCCCCC)[N+]1=CNCC1. The Kier molecular flexibility index (Phi) is 16.3. The number of nitrogens with one attached hydrogen (secondary N) is 2. The summed E-state index contributed by atoms with van der Waals surface area (Å²) in [7, 11) is 0. The zero-order valence-corrected chi connectivity index (χ0v) is 21.7. The molecule has 186 valence electrons. The first-order valence-electron chi connectivity index (χ1n) is 13.9. The Balaban J connectivity index is 2.02. The molecule has 1 aliphatic rings. The van der Waals surface area contributed by atoms with Gasteiger partial charge < -0.3 is 5.32 Å². The van der Waals surface area contributed by atoms with Crippen LogP contribution in [0.1, 0.15) is 130 Å². The Morgan fingerprint density at radius 1 is 0.969 bits per heavy atom. The molecule has 4 nitrogen and oxygen atoms in total. The number of rotatable bonds is 21. The van der Waals surface area contributed by atoms with Gasteiger partial charge in [0.1, 0.15) is 18.6 Å². The van der Waals surface area contributed by atoms with Gasteiger partial charge in [-0.25, -0.2) is 0 Å². The van der Waals surface area contributed by atoms with Crippen molar-refractivity contribution < 1.29 is 9.37 Å². The van der Waals surface area contributed by atoms with Crippen molar-refractivity contribution in [2.24, 2.45) is 0 Å². The van der Waals surface area contributed by atoms with Gasteiger partial charge >= 0.3 is 0 Å². The Morgan fingerprint density at radius 3 is 1.88 bits per heavy atom. The first-order valence-corrected chi connectivity index (χ1v) is 13.9. The molecule has 1 heterocycles. The molecule has 2 unspecified atom stereocenters. The van der Waals surface area contributed by atoms with Crippen molar-refractivity contribution >= 4 is 12.2 Å². The van der Waals surface area contributed by atoms with Crippen molar-refractivity contribution in [1.29, 1.82) is 0 Å². The van der Waals surface area contributed by atoms with Crippen molar-refractivity contribution in [3.8, 4) is 0 Å². The van der Waals surface area contributed by atoms with E-state index in [0.717, 1.165) is 25.9 Å². The summed E-state index contributed by atoms with van der Waals surface area (Å²) in [5.41, 5.74) is -0.214. The molecule has 0 aromatic carbocycles. The number of carbonyl (C=O) groups is 1. The average Bonchev–Trinajstić information content (AvgIpc) is 3.33. The van der Waals surface area contributed by atoms with E-state index in [2.05, 4.69) is 42.6 Å². The zero-order valence-electron chi connectivity index (χ0n) is 21.7. The Labute approximate surface area is 199 Å². The van der Waals surface area contributed by atoms with Crippen LogP contribution in [-0.4, -0.2) is 41.5 Å². The normalized spacial score (nSPS) is 16.2. The Bertz CT molecular complexity index is 531. The minimum absolute atomic E-state index is 0.0463. The van der Waals surface area contributed by atoms with E-state index in [1.54, 1.807) is 0 Å². The molecule has 0 saturated carbocycles. The fourth-order valence-corrected chi connectivity index (χ4v) is 5.04. The molecular formula is C28H54N3O+. The number of hydrogen-bond acceptors (Lipinski definition) is 2. The molecule has 1 rings (SSSR count). The van der Waals surface area contributed by atoms with Gasteiger partial charge in [0.25, 0.3) is 0 Å². The van der Waals surface area contributed by atoms with E-state index >= 15 is 0 Å². The summed E-state index contributed by atoms with van der Waals surface area (Å²) in [6.07, 6.45) is 25.9. The first kappa shape index (κ1) is 28.7. The van der Waals surface area contributed by atoms with E-state index in [9.17, 15) is 4.79 Å². The molecule has 0 bridgehead atoms. The highest BCUT2D eigenvalue weighted by Crippen LogP contribution is 2.23. The summed E-state index contributed by atoms with van der Waals surface area (Å²) in [6.45, 7) is 12.6. The Hall–Kier alpha value is -1.32. The molecule has 0 radical (unpaired) electrons. The smallest absolute Gasteiger partial charge is 0.233 e. The van der Waals surface area contributed by atoms with Crippen molar-refractivity contribution in [2.75, 3.05) is 13.1 Å². The predicted molar refractivity (Wildman–Crippen MR) is 140 cm³/mol. The van der Waals surface area contributed by atoms with Gasteiger partial charge in [0, 0.05) is 6.42 Å². The fraction of sp³-hybridized carbons (Fsp3) is 0.857. The monoisotopic (exact) mass is 448 g/mol. The van der Waals surface area contributed by atoms with E-state index in [4.69, 9.17) is 0 Å².